The molecule has 1 amide bonds. The summed E-state index contributed by atoms with van der Waals surface area (Å²) in [4.78, 5) is 19.5. The fourth-order valence-electron chi connectivity index (χ4n) is 2.83. The van der Waals surface area contributed by atoms with Crippen molar-refractivity contribution >= 4 is 51.4 Å². The number of benzene rings is 1. The summed E-state index contributed by atoms with van der Waals surface area (Å²) in [5.41, 5.74) is 6.54. The average molecular weight is 374 g/mol. The number of hydrazone groups is 1. The van der Waals surface area contributed by atoms with Gasteiger partial charge in [-0.2, -0.15) is 5.10 Å². The van der Waals surface area contributed by atoms with Gasteiger partial charge >= 0.3 is 0 Å². The highest BCUT2D eigenvalue weighted by Gasteiger charge is 2.25. The zero-order valence-corrected chi connectivity index (χ0v) is 14.4. The minimum atomic E-state index is -0.152. The Morgan fingerprint density at radius 3 is 2.88 bits per heavy atom. The molecule has 0 saturated heterocycles. The summed E-state index contributed by atoms with van der Waals surface area (Å²) in [5, 5.41) is 9.26. The average Bonchev–Trinajstić information content (AvgIpc) is 2.90. The zero-order valence-electron chi connectivity index (χ0n) is 12.9. The van der Waals surface area contributed by atoms with Crippen molar-refractivity contribution in [2.45, 2.75) is 6.42 Å². The van der Waals surface area contributed by atoms with E-state index in [4.69, 9.17) is 23.2 Å². The van der Waals surface area contributed by atoms with Crippen LogP contribution < -0.4 is 10.7 Å². The molecule has 0 bridgehead atoms. The van der Waals surface area contributed by atoms with Crippen LogP contribution in [0.1, 0.15) is 22.5 Å². The quantitative estimate of drug-likeness (QED) is 0.471. The van der Waals surface area contributed by atoms with E-state index in [9.17, 15) is 4.79 Å². The second-order valence-corrected chi connectivity index (χ2v) is 6.43. The first-order valence-corrected chi connectivity index (χ1v) is 8.41. The van der Waals surface area contributed by atoms with Gasteiger partial charge in [0.15, 0.2) is 0 Å². The van der Waals surface area contributed by atoms with Gasteiger partial charge in [-0.25, -0.2) is 4.98 Å². The number of halogens is 2. The smallest absolute Gasteiger partial charge is 0.268 e. The van der Waals surface area contributed by atoms with Gasteiger partial charge < -0.3 is 10.3 Å². The summed E-state index contributed by atoms with van der Waals surface area (Å²) in [6, 6.07) is 8.94. The lowest BCUT2D eigenvalue weighted by Crippen LogP contribution is -2.23. The lowest BCUT2D eigenvalue weighted by molar-refractivity contribution is 0.0952. The number of H-pyrrole nitrogens is 1. The number of anilines is 1. The van der Waals surface area contributed by atoms with E-state index >= 15 is 0 Å². The maximum atomic E-state index is 12.3. The van der Waals surface area contributed by atoms with E-state index in [1.54, 1.807) is 24.4 Å². The number of rotatable bonds is 2. The number of carbonyl (C=O) groups is 1. The van der Waals surface area contributed by atoms with Crippen LogP contribution in [0, 0.1) is 0 Å². The van der Waals surface area contributed by atoms with Crippen LogP contribution in [-0.4, -0.2) is 28.1 Å². The van der Waals surface area contributed by atoms with Crippen molar-refractivity contribution in [1.29, 1.82) is 0 Å². The molecule has 0 unspecified atom stereocenters. The summed E-state index contributed by atoms with van der Waals surface area (Å²) in [5.74, 6) is -0.152. The maximum absolute atomic E-state index is 12.3. The second kappa shape index (κ2) is 6.38. The molecule has 25 heavy (non-hydrogen) atoms. The number of nitrogens with one attached hydrogen (secondary N) is 3. The summed E-state index contributed by atoms with van der Waals surface area (Å²) in [6.45, 7) is 0.503. The number of aromatic nitrogens is 2. The number of hydrogen-bond donors (Lipinski definition) is 3. The van der Waals surface area contributed by atoms with Gasteiger partial charge in [0.2, 0.25) is 0 Å². The predicted molar refractivity (Wildman–Crippen MR) is 99.7 cm³/mol. The molecule has 0 saturated carbocycles. The molecule has 4 rings (SSSR count). The Morgan fingerprint density at radius 1 is 1.20 bits per heavy atom. The molecular formula is C17H13Cl2N5O. The van der Waals surface area contributed by atoms with E-state index in [0.29, 0.717) is 34.5 Å². The third-order valence-electron chi connectivity index (χ3n) is 3.97. The molecule has 1 aliphatic heterocycles. The first kappa shape index (κ1) is 15.9. The molecule has 6 nitrogen and oxygen atoms in total. The van der Waals surface area contributed by atoms with Crippen molar-refractivity contribution in [2.24, 2.45) is 5.10 Å². The normalized spacial score (nSPS) is 15.8. The highest BCUT2D eigenvalue weighted by atomic mass is 35.5. The topological polar surface area (TPSA) is 82.2 Å². The van der Waals surface area contributed by atoms with Crippen molar-refractivity contribution in [3.63, 3.8) is 0 Å². The molecule has 126 valence electrons. The standard InChI is InChI=1S/C17H13Cl2N5O/c18-9-1-3-12-11(7-9)15-13(5-6-20-17(25)16(15)22-12)24-23-10-2-4-14(19)21-8-10/h1-4,7-8,22-23H,5-6H2,(H,20,25)/b24-13+. The summed E-state index contributed by atoms with van der Waals surface area (Å²) >= 11 is 11.9. The van der Waals surface area contributed by atoms with Gasteiger partial charge in [-0.1, -0.05) is 23.2 Å². The molecule has 0 spiro atoms. The van der Waals surface area contributed by atoms with E-state index < -0.39 is 0 Å². The molecule has 0 radical (unpaired) electrons. The van der Waals surface area contributed by atoms with Crippen LogP contribution in [-0.2, 0) is 0 Å². The van der Waals surface area contributed by atoms with Crippen molar-refractivity contribution in [2.75, 3.05) is 12.0 Å². The van der Waals surface area contributed by atoms with Gasteiger partial charge in [0.1, 0.15) is 10.8 Å². The van der Waals surface area contributed by atoms with Crippen molar-refractivity contribution in [3.05, 3.63) is 58.0 Å². The van der Waals surface area contributed by atoms with Gasteiger partial charge in [-0.05, 0) is 30.3 Å². The summed E-state index contributed by atoms with van der Waals surface area (Å²) < 4.78 is 0. The van der Waals surface area contributed by atoms with E-state index in [2.05, 4.69) is 25.8 Å². The summed E-state index contributed by atoms with van der Waals surface area (Å²) in [7, 11) is 0. The number of hydrogen-bond acceptors (Lipinski definition) is 4. The van der Waals surface area contributed by atoms with E-state index in [1.165, 1.54) is 0 Å². The zero-order chi connectivity index (χ0) is 17.4. The third kappa shape index (κ3) is 3.06. The van der Waals surface area contributed by atoms with Crippen molar-refractivity contribution in [1.82, 2.24) is 15.3 Å². The Balaban J connectivity index is 1.81. The van der Waals surface area contributed by atoms with Gasteiger partial charge in [-0.3, -0.25) is 10.2 Å². The van der Waals surface area contributed by atoms with Crippen LogP contribution in [0.3, 0.4) is 0 Å². The maximum Gasteiger partial charge on any atom is 0.268 e. The van der Waals surface area contributed by atoms with Gasteiger partial charge in [0, 0.05) is 34.5 Å². The Kier molecular flexibility index (Phi) is 4.07. The first-order valence-electron chi connectivity index (χ1n) is 7.66. The van der Waals surface area contributed by atoms with Crippen LogP contribution in [0.15, 0.2) is 41.6 Å². The minimum Gasteiger partial charge on any atom is -0.350 e. The number of fused-ring (bicyclic) bond motifs is 3. The van der Waals surface area contributed by atoms with Crippen LogP contribution in [0.2, 0.25) is 10.2 Å². The van der Waals surface area contributed by atoms with E-state index in [0.717, 1.165) is 22.2 Å². The fraction of sp³-hybridized carbons (Fsp3) is 0.118. The molecule has 2 aromatic heterocycles. The Labute approximate surface area is 153 Å². The number of pyridine rings is 1. The van der Waals surface area contributed by atoms with Gasteiger partial charge in [-0.15, -0.1) is 0 Å². The Hall–Kier alpha value is -2.57. The van der Waals surface area contributed by atoms with E-state index in [1.807, 2.05) is 12.1 Å². The molecule has 0 fully saturated rings. The van der Waals surface area contributed by atoms with Crippen LogP contribution >= 0.6 is 23.2 Å². The van der Waals surface area contributed by atoms with Crippen molar-refractivity contribution < 1.29 is 4.79 Å². The molecular weight excluding hydrogens is 361 g/mol. The number of amides is 1. The highest BCUT2D eigenvalue weighted by molar-refractivity contribution is 6.32. The monoisotopic (exact) mass is 373 g/mol. The third-order valence-corrected chi connectivity index (χ3v) is 4.43. The molecule has 3 N–H and O–H groups in total. The van der Waals surface area contributed by atoms with Crippen LogP contribution in [0.5, 0.6) is 0 Å². The van der Waals surface area contributed by atoms with Crippen LogP contribution in [0.4, 0.5) is 5.69 Å². The largest absolute Gasteiger partial charge is 0.350 e. The lowest BCUT2D eigenvalue weighted by atomic mass is 10.0. The van der Waals surface area contributed by atoms with Gasteiger partial charge in [0.05, 0.1) is 17.6 Å². The summed E-state index contributed by atoms with van der Waals surface area (Å²) in [6.07, 6.45) is 2.19. The molecule has 3 heterocycles. The van der Waals surface area contributed by atoms with Crippen LogP contribution in [0.25, 0.3) is 10.9 Å². The SMILES string of the molecule is O=C1NCC/C(=N\Nc2ccc(Cl)nc2)c2c1[nH]c1ccc(Cl)cc21. The molecule has 3 aromatic rings. The molecule has 1 aliphatic rings. The second-order valence-electron chi connectivity index (χ2n) is 5.61. The molecule has 8 heteroatoms. The van der Waals surface area contributed by atoms with Gasteiger partial charge in [0.25, 0.3) is 5.91 Å². The first-order chi connectivity index (χ1) is 12.1. The molecule has 0 atom stereocenters. The predicted octanol–water partition coefficient (Wildman–Crippen LogP) is 3.82. The minimum absolute atomic E-state index is 0.152. The lowest BCUT2D eigenvalue weighted by Gasteiger charge is -2.06. The number of aromatic amines is 1. The Bertz CT molecular complexity index is 994. The highest BCUT2D eigenvalue weighted by Crippen LogP contribution is 2.28. The fourth-order valence-corrected chi connectivity index (χ4v) is 3.11. The molecule has 1 aromatic carbocycles. The van der Waals surface area contributed by atoms with Crippen molar-refractivity contribution in [3.8, 4) is 0 Å². The Morgan fingerprint density at radius 2 is 2.08 bits per heavy atom. The molecule has 0 aliphatic carbocycles. The number of carbonyl (C=O) groups excluding carboxylic acids is 1. The van der Waals surface area contributed by atoms with E-state index in [-0.39, 0.29) is 5.91 Å². The number of nitrogens with zero attached hydrogens (tertiary/aromatic N) is 2.